The Morgan fingerprint density at radius 2 is 1.43 bits per heavy atom. The van der Waals surface area contributed by atoms with E-state index in [1.807, 2.05) is 20.8 Å². The van der Waals surface area contributed by atoms with E-state index in [4.69, 9.17) is 24.1 Å². The predicted octanol–water partition coefficient (Wildman–Crippen LogP) is 3.81. The molecule has 0 radical (unpaired) electrons. The van der Waals surface area contributed by atoms with Crippen molar-refractivity contribution >= 4 is 40.7 Å². The van der Waals surface area contributed by atoms with Gasteiger partial charge in [-0.05, 0) is 64.1 Å². The summed E-state index contributed by atoms with van der Waals surface area (Å²) in [6, 6.07) is -0.992. The smallest absolute Gasteiger partial charge is 0.411 e. The molecule has 0 spiro atoms. The van der Waals surface area contributed by atoms with Gasteiger partial charge in [-0.2, -0.15) is 0 Å². The standard InChI is InChI=1S/C13H20IN3O3.C11H19NO5/c1-13(2,3)20-12(18)17-7-8(19-4)5-9(17)11-15-6-10(14)16-11;1-11(2,3)17-10(15)12-6-7(16-4)5-8(12)9(13)14/h6,8-9H,5,7H2,1-4H3,(H,15,16);7-8H,5-6H2,1-4H3,(H,13,14)/t8-,9-;7-,8-/m00/s1. The SMILES string of the molecule is CO[C@H]1C[C@@H](C(=O)O)N(C(=O)OC(C)(C)C)C1.CO[C@H]1C[C@@H](c2ncc(I)[nH]2)N(C(=O)OC(C)(C)C)C1. The maximum absolute atomic E-state index is 12.3. The van der Waals surface area contributed by atoms with Crippen LogP contribution in [0.4, 0.5) is 9.59 Å². The van der Waals surface area contributed by atoms with E-state index in [1.54, 1.807) is 39.0 Å². The van der Waals surface area contributed by atoms with Crippen molar-refractivity contribution in [3.05, 3.63) is 15.7 Å². The molecule has 2 N–H and O–H groups in total. The van der Waals surface area contributed by atoms with Gasteiger partial charge in [0, 0.05) is 27.1 Å². The van der Waals surface area contributed by atoms with E-state index in [2.05, 4.69) is 32.6 Å². The number of rotatable bonds is 4. The van der Waals surface area contributed by atoms with E-state index in [0.717, 1.165) is 15.9 Å². The Morgan fingerprint density at radius 3 is 1.86 bits per heavy atom. The van der Waals surface area contributed by atoms with Gasteiger partial charge in [-0.1, -0.05) is 0 Å². The number of carbonyl (C=O) groups is 3. The minimum absolute atomic E-state index is 0.00952. The van der Waals surface area contributed by atoms with Crippen LogP contribution in [0, 0.1) is 3.70 Å². The fourth-order valence-electron chi connectivity index (χ4n) is 3.96. The van der Waals surface area contributed by atoms with Gasteiger partial charge in [0.15, 0.2) is 0 Å². The number of imidazole rings is 1. The third-order valence-electron chi connectivity index (χ3n) is 5.61. The number of aromatic nitrogens is 2. The molecule has 2 aliphatic heterocycles. The molecule has 12 nitrogen and oxygen atoms in total. The number of nitrogens with zero attached hydrogens (tertiary/aromatic N) is 3. The topological polar surface area (TPSA) is 144 Å². The number of H-pyrrole nitrogens is 1. The molecule has 2 fully saturated rings. The molecule has 0 aromatic carbocycles. The average molecular weight is 638 g/mol. The van der Waals surface area contributed by atoms with E-state index in [-0.39, 0.29) is 30.9 Å². The second kappa shape index (κ2) is 12.6. The summed E-state index contributed by atoms with van der Waals surface area (Å²) in [5.74, 6) is -0.254. The lowest BCUT2D eigenvalue weighted by Crippen LogP contribution is -2.43. The van der Waals surface area contributed by atoms with E-state index < -0.39 is 29.3 Å². The Bertz CT molecular complexity index is 942. The number of halogens is 1. The molecule has 3 rings (SSSR count). The summed E-state index contributed by atoms with van der Waals surface area (Å²) in [7, 11) is 3.16. The number of aliphatic carboxylic acids is 1. The maximum Gasteiger partial charge on any atom is 0.411 e. The van der Waals surface area contributed by atoms with E-state index in [1.165, 1.54) is 12.0 Å². The number of methoxy groups -OCH3 is 2. The van der Waals surface area contributed by atoms with Crippen LogP contribution in [0.15, 0.2) is 6.20 Å². The first-order valence-corrected chi connectivity index (χ1v) is 13.1. The Hall–Kier alpha value is -2.13. The number of aromatic amines is 1. The van der Waals surface area contributed by atoms with Crippen molar-refractivity contribution in [3.63, 3.8) is 0 Å². The summed E-state index contributed by atoms with van der Waals surface area (Å²) >= 11 is 2.16. The highest BCUT2D eigenvalue weighted by Crippen LogP contribution is 2.33. The first kappa shape index (κ1) is 31.1. The van der Waals surface area contributed by atoms with E-state index in [0.29, 0.717) is 13.0 Å². The van der Waals surface area contributed by atoms with Gasteiger partial charge in [0.05, 0.1) is 41.2 Å². The molecule has 13 heteroatoms. The van der Waals surface area contributed by atoms with Crippen LogP contribution in [-0.2, 0) is 23.7 Å². The molecule has 1 aromatic rings. The minimum atomic E-state index is -1.03. The highest BCUT2D eigenvalue weighted by molar-refractivity contribution is 14.1. The quantitative estimate of drug-likeness (QED) is 0.471. The van der Waals surface area contributed by atoms with Crippen molar-refractivity contribution in [2.45, 2.75) is 89.9 Å². The van der Waals surface area contributed by atoms with Crippen LogP contribution in [0.25, 0.3) is 0 Å². The number of likely N-dealkylation sites (tertiary alicyclic amines) is 2. The number of hydrogen-bond donors (Lipinski definition) is 2. The molecule has 0 bridgehead atoms. The van der Waals surface area contributed by atoms with Crippen molar-refractivity contribution in [2.75, 3.05) is 27.3 Å². The number of ether oxygens (including phenoxy) is 4. The molecule has 0 aliphatic carbocycles. The van der Waals surface area contributed by atoms with E-state index >= 15 is 0 Å². The van der Waals surface area contributed by atoms with Crippen LogP contribution < -0.4 is 0 Å². The monoisotopic (exact) mass is 638 g/mol. The van der Waals surface area contributed by atoms with Gasteiger partial charge in [0.2, 0.25) is 0 Å². The molecule has 2 amide bonds. The van der Waals surface area contributed by atoms with Crippen LogP contribution >= 0.6 is 22.6 Å². The molecule has 37 heavy (non-hydrogen) atoms. The van der Waals surface area contributed by atoms with Crippen LogP contribution in [0.5, 0.6) is 0 Å². The van der Waals surface area contributed by atoms with Crippen molar-refractivity contribution in [1.29, 1.82) is 0 Å². The lowest BCUT2D eigenvalue weighted by atomic mass is 10.2. The molecule has 3 heterocycles. The van der Waals surface area contributed by atoms with Crippen molar-refractivity contribution in [2.24, 2.45) is 0 Å². The summed E-state index contributed by atoms with van der Waals surface area (Å²) in [6.07, 6.45) is 1.60. The van der Waals surface area contributed by atoms with Gasteiger partial charge in [-0.15, -0.1) is 0 Å². The van der Waals surface area contributed by atoms with Crippen molar-refractivity contribution in [3.8, 4) is 0 Å². The molecular weight excluding hydrogens is 599 g/mol. The summed E-state index contributed by atoms with van der Waals surface area (Å²) in [4.78, 5) is 45.6. The normalized spacial score (nSPS) is 23.9. The second-order valence-corrected chi connectivity index (χ2v) is 12.1. The molecule has 2 saturated heterocycles. The zero-order valence-electron chi connectivity index (χ0n) is 22.7. The molecule has 210 valence electrons. The van der Waals surface area contributed by atoms with Gasteiger partial charge < -0.3 is 29.0 Å². The van der Waals surface area contributed by atoms with Crippen molar-refractivity contribution < 1.29 is 38.4 Å². The minimum Gasteiger partial charge on any atom is -0.480 e. The zero-order valence-corrected chi connectivity index (χ0v) is 24.9. The third-order valence-corrected chi connectivity index (χ3v) is 6.16. The fourth-order valence-corrected chi connectivity index (χ4v) is 4.37. The summed E-state index contributed by atoms with van der Waals surface area (Å²) in [6.45, 7) is 11.6. The van der Waals surface area contributed by atoms with Gasteiger partial charge in [0.25, 0.3) is 0 Å². The number of carbonyl (C=O) groups excluding carboxylic acids is 2. The molecular formula is C24H39IN4O8. The number of nitrogens with one attached hydrogen (secondary N) is 1. The highest BCUT2D eigenvalue weighted by atomic mass is 127. The Labute approximate surface area is 231 Å². The Morgan fingerprint density at radius 1 is 0.946 bits per heavy atom. The number of amides is 2. The fraction of sp³-hybridized carbons (Fsp3) is 0.750. The summed E-state index contributed by atoms with van der Waals surface area (Å²) in [5, 5.41) is 9.04. The summed E-state index contributed by atoms with van der Waals surface area (Å²) in [5.41, 5.74) is -1.14. The number of carboxylic acid groups (broad SMARTS) is 1. The van der Waals surface area contributed by atoms with E-state index in [9.17, 15) is 14.4 Å². The summed E-state index contributed by atoms with van der Waals surface area (Å²) < 4.78 is 22.0. The first-order valence-electron chi connectivity index (χ1n) is 12.0. The molecule has 2 aliphatic rings. The van der Waals surface area contributed by atoms with Gasteiger partial charge in [-0.25, -0.2) is 19.4 Å². The predicted molar refractivity (Wildman–Crippen MR) is 142 cm³/mol. The third kappa shape index (κ3) is 9.28. The van der Waals surface area contributed by atoms with Gasteiger partial charge in [0.1, 0.15) is 23.1 Å². The van der Waals surface area contributed by atoms with Crippen LogP contribution in [0.2, 0.25) is 0 Å². The molecule has 0 unspecified atom stereocenters. The Balaban J connectivity index is 0.000000264. The average Bonchev–Trinajstić information content (AvgIpc) is 3.49. The lowest BCUT2D eigenvalue weighted by Gasteiger charge is -2.27. The highest BCUT2D eigenvalue weighted by Gasteiger charge is 2.42. The zero-order chi connectivity index (χ0) is 28.1. The van der Waals surface area contributed by atoms with Gasteiger partial charge >= 0.3 is 18.2 Å². The first-order chi connectivity index (χ1) is 17.0. The largest absolute Gasteiger partial charge is 0.480 e. The maximum atomic E-state index is 12.3. The Kier molecular flexibility index (Phi) is 10.6. The number of carboxylic acids is 1. The van der Waals surface area contributed by atoms with Crippen LogP contribution in [0.3, 0.4) is 0 Å². The second-order valence-electron chi connectivity index (χ2n) is 10.9. The van der Waals surface area contributed by atoms with Crippen LogP contribution in [-0.4, -0.2) is 99.8 Å². The lowest BCUT2D eigenvalue weighted by molar-refractivity contribution is -0.142. The molecule has 1 aromatic heterocycles. The van der Waals surface area contributed by atoms with Crippen molar-refractivity contribution in [1.82, 2.24) is 19.8 Å². The molecule has 0 saturated carbocycles. The number of hydrogen-bond acceptors (Lipinski definition) is 8. The van der Waals surface area contributed by atoms with Crippen LogP contribution in [0.1, 0.15) is 66.3 Å². The van der Waals surface area contributed by atoms with Gasteiger partial charge in [-0.3, -0.25) is 9.80 Å². The molecule has 4 atom stereocenters.